The fourth-order valence-electron chi connectivity index (χ4n) is 2.94. The molecule has 140 valence electrons. The zero-order valence-electron chi connectivity index (χ0n) is 14.4. The van der Waals surface area contributed by atoms with Gasteiger partial charge in [0.1, 0.15) is 6.54 Å². The molecule has 1 fully saturated rings. The number of amides is 2. The molecule has 1 aromatic carbocycles. The minimum atomic E-state index is -4.39. The average Bonchev–Trinajstić information content (AvgIpc) is 2.58. The molecular formula is C17H25F3N4O. The molecule has 0 aliphatic carbocycles. The van der Waals surface area contributed by atoms with E-state index in [4.69, 9.17) is 0 Å². The molecule has 0 radical (unpaired) electrons. The molecule has 5 nitrogen and oxygen atoms in total. The molecule has 8 heteroatoms. The number of carbonyl (C=O) groups excluding carboxylic acids is 1. The Hall–Kier alpha value is -1.80. The Labute approximate surface area is 146 Å². The number of hydrogen-bond donors (Lipinski definition) is 2. The molecule has 0 bridgehead atoms. The van der Waals surface area contributed by atoms with Crippen LogP contribution in [0.25, 0.3) is 0 Å². The quantitative estimate of drug-likeness (QED) is 0.767. The number of urea groups is 1. The Kier molecular flexibility index (Phi) is 7.07. The molecule has 1 aliphatic rings. The summed E-state index contributed by atoms with van der Waals surface area (Å²) in [4.78, 5) is 16.0. The van der Waals surface area contributed by atoms with Crippen molar-refractivity contribution in [3.05, 3.63) is 35.9 Å². The normalized spacial score (nSPS) is 19.6. The number of nitrogens with one attached hydrogen (secondary N) is 2. The summed E-state index contributed by atoms with van der Waals surface area (Å²) in [6.07, 6.45) is -3.70. The predicted octanol–water partition coefficient (Wildman–Crippen LogP) is 2.23. The lowest BCUT2D eigenvalue weighted by Gasteiger charge is -2.40. The van der Waals surface area contributed by atoms with Gasteiger partial charge in [0, 0.05) is 38.8 Å². The van der Waals surface area contributed by atoms with Crippen LogP contribution in [0.4, 0.5) is 18.0 Å². The Morgan fingerprint density at radius 2 is 1.92 bits per heavy atom. The summed E-state index contributed by atoms with van der Waals surface area (Å²) in [6.45, 7) is 2.65. The minimum Gasteiger partial charge on any atom is -0.338 e. The standard InChI is InChI=1S/C17H25F3N4O/c1-23-10-11-24(15(12-23)14-6-3-2-4-7-14)9-5-8-21-16(25)22-13-17(18,19)20/h2-4,6-7,15H,5,8-13H2,1H3,(H2,21,22,25)/t15-/m0/s1. The van der Waals surface area contributed by atoms with Crippen LogP contribution in [0.2, 0.25) is 0 Å². The van der Waals surface area contributed by atoms with Gasteiger partial charge >= 0.3 is 12.2 Å². The molecule has 1 atom stereocenters. The van der Waals surface area contributed by atoms with E-state index in [0.717, 1.165) is 26.2 Å². The second-order valence-corrected chi connectivity index (χ2v) is 6.30. The topological polar surface area (TPSA) is 47.6 Å². The highest BCUT2D eigenvalue weighted by Gasteiger charge is 2.28. The van der Waals surface area contributed by atoms with E-state index >= 15 is 0 Å². The van der Waals surface area contributed by atoms with Gasteiger partial charge in [0.15, 0.2) is 0 Å². The highest BCUT2D eigenvalue weighted by atomic mass is 19.4. The third kappa shape index (κ3) is 6.91. The maximum absolute atomic E-state index is 12.0. The molecule has 2 amide bonds. The first kappa shape index (κ1) is 19.5. The molecule has 0 saturated carbocycles. The second kappa shape index (κ2) is 9.05. The molecular weight excluding hydrogens is 333 g/mol. The number of nitrogens with zero attached hydrogens (tertiary/aromatic N) is 2. The van der Waals surface area contributed by atoms with Crippen molar-refractivity contribution >= 4 is 6.03 Å². The molecule has 2 rings (SSSR count). The summed E-state index contributed by atoms with van der Waals surface area (Å²) in [6, 6.07) is 9.77. The zero-order valence-corrected chi connectivity index (χ0v) is 14.4. The van der Waals surface area contributed by atoms with Crippen molar-refractivity contribution < 1.29 is 18.0 Å². The van der Waals surface area contributed by atoms with Crippen LogP contribution in [0, 0.1) is 0 Å². The summed E-state index contributed by atoms with van der Waals surface area (Å²) < 4.78 is 36.1. The third-order valence-corrected chi connectivity index (χ3v) is 4.24. The fourth-order valence-corrected chi connectivity index (χ4v) is 2.94. The third-order valence-electron chi connectivity index (χ3n) is 4.24. The fraction of sp³-hybridized carbons (Fsp3) is 0.588. The van der Waals surface area contributed by atoms with Crippen molar-refractivity contribution in [1.29, 1.82) is 0 Å². The first-order valence-electron chi connectivity index (χ1n) is 8.41. The predicted molar refractivity (Wildman–Crippen MR) is 90.3 cm³/mol. The lowest BCUT2D eigenvalue weighted by molar-refractivity contribution is -0.122. The Morgan fingerprint density at radius 3 is 2.60 bits per heavy atom. The van der Waals surface area contributed by atoms with Crippen LogP contribution in [0.5, 0.6) is 0 Å². The molecule has 0 unspecified atom stereocenters. The molecule has 1 aliphatic heterocycles. The van der Waals surface area contributed by atoms with Crippen LogP contribution in [-0.2, 0) is 0 Å². The molecule has 0 aromatic heterocycles. The van der Waals surface area contributed by atoms with E-state index in [0.29, 0.717) is 19.0 Å². The number of hydrogen-bond acceptors (Lipinski definition) is 3. The zero-order chi connectivity index (χ0) is 18.3. The van der Waals surface area contributed by atoms with Crippen LogP contribution < -0.4 is 10.6 Å². The summed E-state index contributed by atoms with van der Waals surface area (Å²) >= 11 is 0. The van der Waals surface area contributed by atoms with E-state index in [1.54, 1.807) is 5.32 Å². The van der Waals surface area contributed by atoms with Gasteiger partial charge in [-0.3, -0.25) is 4.90 Å². The van der Waals surface area contributed by atoms with Crippen molar-refractivity contribution in [2.45, 2.75) is 18.6 Å². The van der Waals surface area contributed by atoms with Crippen LogP contribution >= 0.6 is 0 Å². The first-order chi connectivity index (χ1) is 11.8. The van der Waals surface area contributed by atoms with Crippen LogP contribution in [0.3, 0.4) is 0 Å². The van der Waals surface area contributed by atoms with Crippen molar-refractivity contribution in [2.75, 3.05) is 46.3 Å². The van der Waals surface area contributed by atoms with Gasteiger partial charge < -0.3 is 15.5 Å². The summed E-state index contributed by atoms with van der Waals surface area (Å²) in [5.41, 5.74) is 1.25. The molecule has 2 N–H and O–H groups in total. The summed E-state index contributed by atoms with van der Waals surface area (Å²) in [7, 11) is 2.10. The molecule has 1 saturated heterocycles. The Balaban J connectivity index is 1.76. The number of halogens is 3. The number of piperazine rings is 1. The number of benzene rings is 1. The largest absolute Gasteiger partial charge is 0.405 e. The first-order valence-corrected chi connectivity index (χ1v) is 8.41. The molecule has 25 heavy (non-hydrogen) atoms. The second-order valence-electron chi connectivity index (χ2n) is 6.30. The van der Waals surface area contributed by atoms with E-state index in [-0.39, 0.29) is 0 Å². The molecule has 1 aromatic rings. The van der Waals surface area contributed by atoms with E-state index in [1.165, 1.54) is 5.56 Å². The Morgan fingerprint density at radius 1 is 1.20 bits per heavy atom. The van der Waals surface area contributed by atoms with Crippen molar-refractivity contribution in [3.63, 3.8) is 0 Å². The van der Waals surface area contributed by atoms with Gasteiger partial charge in [0.05, 0.1) is 0 Å². The van der Waals surface area contributed by atoms with E-state index in [2.05, 4.69) is 34.3 Å². The van der Waals surface area contributed by atoms with Gasteiger partial charge in [0.2, 0.25) is 0 Å². The monoisotopic (exact) mass is 358 g/mol. The lowest BCUT2D eigenvalue weighted by atomic mass is 10.0. The van der Waals surface area contributed by atoms with Crippen molar-refractivity contribution in [2.24, 2.45) is 0 Å². The van der Waals surface area contributed by atoms with Crippen LogP contribution in [0.15, 0.2) is 30.3 Å². The molecule has 0 spiro atoms. The van der Waals surface area contributed by atoms with Gasteiger partial charge in [-0.1, -0.05) is 30.3 Å². The number of rotatable bonds is 6. The highest BCUT2D eigenvalue weighted by molar-refractivity contribution is 5.73. The summed E-state index contributed by atoms with van der Waals surface area (Å²) in [5, 5.41) is 4.28. The lowest BCUT2D eigenvalue weighted by Crippen LogP contribution is -2.47. The van der Waals surface area contributed by atoms with E-state index in [1.807, 2.05) is 18.2 Å². The minimum absolute atomic E-state index is 0.291. The van der Waals surface area contributed by atoms with E-state index < -0.39 is 18.8 Å². The highest BCUT2D eigenvalue weighted by Crippen LogP contribution is 2.24. The van der Waals surface area contributed by atoms with Crippen molar-refractivity contribution in [3.8, 4) is 0 Å². The SMILES string of the molecule is CN1CCN(CCCNC(=O)NCC(F)(F)F)[C@H](c2ccccc2)C1. The molecule has 1 heterocycles. The van der Waals surface area contributed by atoms with Gasteiger partial charge in [0.25, 0.3) is 0 Å². The van der Waals surface area contributed by atoms with Gasteiger partial charge in [-0.05, 0) is 19.0 Å². The summed E-state index contributed by atoms with van der Waals surface area (Å²) in [5.74, 6) is 0. The maximum Gasteiger partial charge on any atom is 0.405 e. The number of alkyl halides is 3. The maximum atomic E-state index is 12.0. The van der Waals surface area contributed by atoms with Crippen molar-refractivity contribution in [1.82, 2.24) is 20.4 Å². The Bertz CT molecular complexity index is 538. The van der Waals surface area contributed by atoms with Gasteiger partial charge in [-0.25, -0.2) is 4.79 Å². The van der Waals surface area contributed by atoms with Crippen LogP contribution in [-0.4, -0.2) is 68.3 Å². The average molecular weight is 358 g/mol. The smallest absolute Gasteiger partial charge is 0.338 e. The van der Waals surface area contributed by atoms with E-state index in [9.17, 15) is 18.0 Å². The van der Waals surface area contributed by atoms with Crippen LogP contribution in [0.1, 0.15) is 18.0 Å². The number of carbonyl (C=O) groups is 1. The van der Waals surface area contributed by atoms with Gasteiger partial charge in [-0.2, -0.15) is 13.2 Å². The van der Waals surface area contributed by atoms with Gasteiger partial charge in [-0.15, -0.1) is 0 Å². The number of likely N-dealkylation sites (N-methyl/N-ethyl adjacent to an activating group) is 1.